The Labute approximate surface area is 151 Å². The van der Waals surface area contributed by atoms with Gasteiger partial charge in [-0.05, 0) is 45.8 Å². The van der Waals surface area contributed by atoms with Crippen molar-refractivity contribution in [2.45, 2.75) is 11.4 Å². The van der Waals surface area contributed by atoms with E-state index in [2.05, 4.69) is 25.8 Å². The average molecular weight is 428 g/mol. The van der Waals surface area contributed by atoms with Gasteiger partial charge in [-0.3, -0.25) is 9.40 Å². The third kappa shape index (κ3) is 4.23. The molecular formula is C16H12BrF2N3O2S. The monoisotopic (exact) mass is 427 g/mol. The fourth-order valence-electron chi connectivity index (χ4n) is 2.25. The lowest BCUT2D eigenvalue weighted by Gasteiger charge is -2.10. The van der Waals surface area contributed by atoms with Crippen molar-refractivity contribution >= 4 is 31.6 Å². The summed E-state index contributed by atoms with van der Waals surface area (Å²) in [5.74, 6) is -1.99. The largest absolute Gasteiger partial charge is 0.280 e. The first-order chi connectivity index (χ1) is 11.8. The molecule has 1 aromatic heterocycles. The molecule has 3 rings (SSSR count). The van der Waals surface area contributed by atoms with Crippen LogP contribution in [0.1, 0.15) is 5.56 Å². The highest BCUT2D eigenvalue weighted by Gasteiger charge is 2.19. The van der Waals surface area contributed by atoms with Crippen LogP contribution in [-0.4, -0.2) is 18.2 Å². The molecule has 1 N–H and O–H groups in total. The average Bonchev–Trinajstić information content (AvgIpc) is 2.91. The molecule has 0 saturated carbocycles. The third-order valence-electron chi connectivity index (χ3n) is 3.31. The van der Waals surface area contributed by atoms with Gasteiger partial charge in [-0.15, -0.1) is 0 Å². The van der Waals surface area contributed by atoms with E-state index in [9.17, 15) is 17.2 Å². The van der Waals surface area contributed by atoms with Crippen molar-refractivity contribution in [2.75, 3.05) is 4.72 Å². The van der Waals surface area contributed by atoms with Gasteiger partial charge >= 0.3 is 0 Å². The molecule has 0 radical (unpaired) electrons. The van der Waals surface area contributed by atoms with Gasteiger partial charge in [0.05, 0.1) is 17.2 Å². The number of rotatable bonds is 5. The Morgan fingerprint density at radius 2 is 1.96 bits per heavy atom. The van der Waals surface area contributed by atoms with Gasteiger partial charge < -0.3 is 0 Å². The zero-order chi connectivity index (χ0) is 18.0. The van der Waals surface area contributed by atoms with Crippen LogP contribution in [0, 0.1) is 11.6 Å². The highest BCUT2D eigenvalue weighted by molar-refractivity contribution is 9.10. The van der Waals surface area contributed by atoms with E-state index in [4.69, 9.17) is 0 Å². The number of sulfonamides is 1. The topological polar surface area (TPSA) is 64.0 Å². The number of aromatic nitrogens is 2. The zero-order valence-electron chi connectivity index (χ0n) is 12.7. The zero-order valence-corrected chi connectivity index (χ0v) is 15.1. The van der Waals surface area contributed by atoms with Crippen LogP contribution >= 0.6 is 15.9 Å². The second-order valence-corrected chi connectivity index (χ2v) is 7.80. The maximum absolute atomic E-state index is 13.7. The maximum atomic E-state index is 13.7. The first-order valence-electron chi connectivity index (χ1n) is 7.08. The van der Waals surface area contributed by atoms with Crippen LogP contribution in [0.3, 0.4) is 0 Å². The van der Waals surface area contributed by atoms with Crippen LogP contribution in [-0.2, 0) is 16.6 Å². The van der Waals surface area contributed by atoms with Crippen molar-refractivity contribution in [1.29, 1.82) is 0 Å². The molecule has 0 aliphatic rings. The third-order valence-corrected chi connectivity index (χ3v) is 5.13. The normalized spacial score (nSPS) is 11.5. The van der Waals surface area contributed by atoms with E-state index in [1.54, 1.807) is 35.3 Å². The van der Waals surface area contributed by atoms with E-state index in [0.29, 0.717) is 12.6 Å². The molecule has 0 bridgehead atoms. The molecule has 0 amide bonds. The van der Waals surface area contributed by atoms with E-state index in [1.165, 1.54) is 0 Å². The standard InChI is InChI=1S/C16H12BrF2N3O2S/c17-12-8-20-22(10-12)9-11-2-1-3-14(6-11)21-25(23,24)16-5-4-13(18)7-15(16)19/h1-8,10,21H,9H2. The molecule has 5 nitrogen and oxygen atoms in total. The van der Waals surface area contributed by atoms with Gasteiger partial charge in [-0.1, -0.05) is 12.1 Å². The van der Waals surface area contributed by atoms with Crippen LogP contribution in [0.2, 0.25) is 0 Å². The number of anilines is 1. The van der Waals surface area contributed by atoms with Crippen LogP contribution in [0.25, 0.3) is 0 Å². The Morgan fingerprint density at radius 3 is 2.64 bits per heavy atom. The maximum Gasteiger partial charge on any atom is 0.264 e. The molecule has 3 aromatic rings. The fourth-order valence-corrected chi connectivity index (χ4v) is 3.69. The van der Waals surface area contributed by atoms with Gasteiger partial charge in [0.25, 0.3) is 10.0 Å². The fraction of sp³-hybridized carbons (Fsp3) is 0.0625. The quantitative estimate of drug-likeness (QED) is 0.673. The van der Waals surface area contributed by atoms with Crippen molar-refractivity contribution in [3.63, 3.8) is 0 Å². The van der Waals surface area contributed by atoms with Crippen molar-refractivity contribution < 1.29 is 17.2 Å². The summed E-state index contributed by atoms with van der Waals surface area (Å²) < 4.78 is 56.1. The summed E-state index contributed by atoms with van der Waals surface area (Å²) in [4.78, 5) is -0.615. The summed E-state index contributed by atoms with van der Waals surface area (Å²) in [5, 5.41) is 4.13. The smallest absolute Gasteiger partial charge is 0.264 e. The number of nitrogens with one attached hydrogen (secondary N) is 1. The Hall–Kier alpha value is -2.26. The van der Waals surface area contributed by atoms with E-state index in [1.807, 2.05) is 6.07 Å². The van der Waals surface area contributed by atoms with Gasteiger partial charge in [-0.25, -0.2) is 17.2 Å². The number of halogens is 3. The molecular weight excluding hydrogens is 416 g/mol. The molecule has 0 aliphatic carbocycles. The van der Waals surface area contributed by atoms with E-state index >= 15 is 0 Å². The molecule has 0 unspecified atom stereocenters. The molecule has 0 aliphatic heterocycles. The molecule has 0 saturated heterocycles. The first-order valence-corrected chi connectivity index (χ1v) is 9.36. The van der Waals surface area contributed by atoms with E-state index in [-0.39, 0.29) is 5.69 Å². The number of nitrogens with zero attached hydrogens (tertiary/aromatic N) is 2. The van der Waals surface area contributed by atoms with Crippen molar-refractivity contribution in [1.82, 2.24) is 9.78 Å². The SMILES string of the molecule is O=S(=O)(Nc1cccc(Cn2cc(Br)cn2)c1)c1ccc(F)cc1F. The number of benzene rings is 2. The minimum absolute atomic E-state index is 0.271. The minimum atomic E-state index is -4.17. The first kappa shape index (κ1) is 17.6. The Bertz CT molecular complexity index is 1020. The highest BCUT2D eigenvalue weighted by atomic mass is 79.9. The predicted molar refractivity (Wildman–Crippen MR) is 92.6 cm³/mol. The van der Waals surface area contributed by atoms with Gasteiger partial charge in [0, 0.05) is 18.0 Å². The lowest BCUT2D eigenvalue weighted by Crippen LogP contribution is -2.15. The van der Waals surface area contributed by atoms with Gasteiger partial charge in [0.2, 0.25) is 0 Å². The van der Waals surface area contributed by atoms with Crippen molar-refractivity contribution in [3.8, 4) is 0 Å². The molecule has 0 fully saturated rings. The van der Waals surface area contributed by atoms with Crippen molar-refractivity contribution in [2.24, 2.45) is 0 Å². The minimum Gasteiger partial charge on any atom is -0.280 e. The molecule has 9 heteroatoms. The summed E-state index contributed by atoms with van der Waals surface area (Å²) >= 11 is 3.30. The van der Waals surface area contributed by atoms with Gasteiger partial charge in [-0.2, -0.15) is 5.10 Å². The summed E-state index contributed by atoms with van der Waals surface area (Å²) in [5.41, 5.74) is 1.07. The summed E-state index contributed by atoms with van der Waals surface area (Å²) in [6.45, 7) is 0.437. The summed E-state index contributed by atoms with van der Waals surface area (Å²) in [7, 11) is -4.17. The van der Waals surface area contributed by atoms with E-state index < -0.39 is 26.6 Å². The second-order valence-electron chi connectivity index (χ2n) is 5.24. The lowest BCUT2D eigenvalue weighted by atomic mass is 10.2. The Balaban J connectivity index is 1.83. The highest BCUT2D eigenvalue weighted by Crippen LogP contribution is 2.21. The lowest BCUT2D eigenvalue weighted by molar-refractivity contribution is 0.551. The van der Waals surface area contributed by atoms with Gasteiger partial charge in [0.15, 0.2) is 0 Å². The molecule has 25 heavy (non-hydrogen) atoms. The molecule has 0 spiro atoms. The van der Waals surface area contributed by atoms with Crippen LogP contribution in [0.15, 0.2) is 64.2 Å². The van der Waals surface area contributed by atoms with Crippen LogP contribution in [0.4, 0.5) is 14.5 Å². The number of hydrogen-bond acceptors (Lipinski definition) is 3. The Morgan fingerprint density at radius 1 is 1.16 bits per heavy atom. The van der Waals surface area contributed by atoms with Gasteiger partial charge in [0.1, 0.15) is 16.5 Å². The Kier molecular flexibility index (Phi) is 4.87. The van der Waals surface area contributed by atoms with Crippen molar-refractivity contribution in [3.05, 3.63) is 76.5 Å². The molecule has 0 atom stereocenters. The second kappa shape index (κ2) is 6.93. The van der Waals surface area contributed by atoms with Crippen LogP contribution < -0.4 is 4.72 Å². The van der Waals surface area contributed by atoms with E-state index in [0.717, 1.165) is 22.2 Å². The number of hydrogen-bond donors (Lipinski definition) is 1. The predicted octanol–water partition coefficient (Wildman–Crippen LogP) is 3.77. The molecule has 2 aromatic carbocycles. The molecule has 130 valence electrons. The summed E-state index contributed by atoms with van der Waals surface area (Å²) in [6.07, 6.45) is 3.43. The summed E-state index contributed by atoms with van der Waals surface area (Å²) in [6, 6.07) is 8.96. The molecule has 1 heterocycles. The van der Waals surface area contributed by atoms with Crippen LogP contribution in [0.5, 0.6) is 0 Å².